The van der Waals surface area contributed by atoms with E-state index in [9.17, 15) is 18.9 Å². The van der Waals surface area contributed by atoms with Gasteiger partial charge in [0.05, 0.1) is 23.0 Å². The van der Waals surface area contributed by atoms with Gasteiger partial charge in [-0.05, 0) is 36.8 Å². The van der Waals surface area contributed by atoms with Gasteiger partial charge in [0.2, 0.25) is 10.0 Å². The van der Waals surface area contributed by atoms with Crippen LogP contribution in [0.25, 0.3) is 0 Å². The molecule has 0 saturated carbocycles. The third-order valence-corrected chi connectivity index (χ3v) is 7.08. The number of nitrogens with zero attached hydrogens (tertiary/aromatic N) is 3. The lowest BCUT2D eigenvalue weighted by atomic mass is 9.70. The number of hydrogen-bond donors (Lipinski definition) is 0. The van der Waals surface area contributed by atoms with E-state index in [2.05, 4.69) is 12.1 Å². The lowest BCUT2D eigenvalue weighted by molar-refractivity contribution is 0.275. The van der Waals surface area contributed by atoms with Crippen LogP contribution in [-0.2, 0) is 10.0 Å². The van der Waals surface area contributed by atoms with Crippen molar-refractivity contribution in [1.29, 1.82) is 10.5 Å². The van der Waals surface area contributed by atoms with Gasteiger partial charge in [-0.25, -0.2) is 8.42 Å². The summed E-state index contributed by atoms with van der Waals surface area (Å²) >= 11 is 0. The molecule has 6 heteroatoms. The van der Waals surface area contributed by atoms with Crippen LogP contribution in [0, 0.1) is 53.3 Å². The average molecular weight is 341 g/mol. The molecule has 1 heterocycles. The van der Waals surface area contributed by atoms with Crippen LogP contribution >= 0.6 is 0 Å². The summed E-state index contributed by atoms with van der Waals surface area (Å²) in [7, 11) is -3.55. The molecule has 0 bridgehead atoms. The molecule has 1 fully saturated rings. The van der Waals surface area contributed by atoms with E-state index in [1.54, 1.807) is 24.3 Å². The lowest BCUT2D eigenvalue weighted by Crippen LogP contribution is -2.32. The van der Waals surface area contributed by atoms with Gasteiger partial charge in [0.1, 0.15) is 0 Å². The van der Waals surface area contributed by atoms with Crippen LogP contribution in [0.2, 0.25) is 0 Å². The summed E-state index contributed by atoms with van der Waals surface area (Å²) in [6, 6.07) is 11.1. The van der Waals surface area contributed by atoms with Crippen molar-refractivity contribution >= 4 is 10.0 Å². The molecule has 5 nitrogen and oxygen atoms in total. The Hall–Kier alpha value is -2.15. The van der Waals surface area contributed by atoms with E-state index < -0.39 is 15.9 Å². The topological polar surface area (TPSA) is 85.0 Å². The predicted molar refractivity (Wildman–Crippen MR) is 88.9 cm³/mol. The third-order valence-electron chi connectivity index (χ3n) is 5.24. The van der Waals surface area contributed by atoms with Gasteiger partial charge in [0, 0.05) is 18.7 Å². The number of nitriles is 2. The molecule has 0 radical (unpaired) electrons. The summed E-state index contributed by atoms with van der Waals surface area (Å²) in [6.07, 6.45) is 1.81. The fourth-order valence-electron chi connectivity index (χ4n) is 3.76. The Morgan fingerprint density at radius 1 is 1.17 bits per heavy atom. The molecule has 0 N–H and O–H groups in total. The monoisotopic (exact) mass is 341 g/mol. The fraction of sp³-hybridized carbons (Fsp3) is 0.444. The molecule has 1 aliphatic heterocycles. The van der Waals surface area contributed by atoms with Crippen LogP contribution < -0.4 is 0 Å². The summed E-state index contributed by atoms with van der Waals surface area (Å²) in [5.41, 5.74) is 1.48. The second kappa shape index (κ2) is 6.05. The maximum Gasteiger partial charge on any atom is 0.243 e. The van der Waals surface area contributed by atoms with Gasteiger partial charge < -0.3 is 0 Å². The van der Waals surface area contributed by atoms with E-state index in [1.165, 1.54) is 4.31 Å². The molecule has 0 amide bonds. The SMILES string of the molecule is Cc1ccc(S(=O)(=O)N2C[C@H]3[C@@H](C)[C@H](C#N)C(C#N)=C[C@@H]3C2)cc1. The highest BCUT2D eigenvalue weighted by Gasteiger charge is 2.46. The smallest absolute Gasteiger partial charge is 0.207 e. The minimum atomic E-state index is -3.55. The second-order valence-corrected chi connectivity index (χ2v) is 8.60. The Morgan fingerprint density at radius 3 is 2.42 bits per heavy atom. The highest BCUT2D eigenvalue weighted by molar-refractivity contribution is 7.89. The lowest BCUT2D eigenvalue weighted by Gasteiger charge is -2.31. The molecule has 124 valence electrons. The molecule has 0 unspecified atom stereocenters. The number of fused-ring (bicyclic) bond motifs is 1. The Kier molecular flexibility index (Phi) is 4.21. The van der Waals surface area contributed by atoms with Crippen molar-refractivity contribution in [2.75, 3.05) is 13.1 Å². The van der Waals surface area contributed by atoms with Crippen molar-refractivity contribution in [2.45, 2.75) is 18.7 Å². The highest BCUT2D eigenvalue weighted by Crippen LogP contribution is 2.43. The number of hydrogen-bond acceptors (Lipinski definition) is 4. The third kappa shape index (κ3) is 2.62. The standard InChI is InChI=1S/C18H19N3O2S/c1-12-3-5-16(6-4-12)24(22,23)21-10-15-7-14(8-19)17(9-20)13(2)18(15)11-21/h3-7,13,15,17-18H,10-11H2,1-2H3/t13-,15+,17-,18-/m0/s1. The van der Waals surface area contributed by atoms with Crippen molar-refractivity contribution in [3.63, 3.8) is 0 Å². The summed E-state index contributed by atoms with van der Waals surface area (Å²) in [5, 5.41) is 18.6. The van der Waals surface area contributed by atoms with Gasteiger partial charge in [-0.15, -0.1) is 0 Å². The van der Waals surface area contributed by atoms with Crippen LogP contribution in [0.5, 0.6) is 0 Å². The molecule has 1 saturated heterocycles. The first kappa shape index (κ1) is 16.7. The normalized spacial score (nSPS) is 30.1. The first-order chi connectivity index (χ1) is 11.4. The van der Waals surface area contributed by atoms with E-state index >= 15 is 0 Å². The van der Waals surface area contributed by atoms with Crippen molar-refractivity contribution in [3.8, 4) is 12.1 Å². The zero-order chi connectivity index (χ0) is 17.5. The van der Waals surface area contributed by atoms with Gasteiger partial charge >= 0.3 is 0 Å². The summed E-state index contributed by atoms with van der Waals surface area (Å²) in [6.45, 7) is 4.63. The maximum absolute atomic E-state index is 12.9. The molecule has 24 heavy (non-hydrogen) atoms. The Labute approximate surface area is 142 Å². The van der Waals surface area contributed by atoms with Gasteiger partial charge in [-0.3, -0.25) is 0 Å². The number of aryl methyl sites for hydroxylation is 1. The van der Waals surface area contributed by atoms with E-state index in [1.807, 2.05) is 19.9 Å². The fourth-order valence-corrected chi connectivity index (χ4v) is 5.28. The van der Waals surface area contributed by atoms with Gasteiger partial charge in [-0.2, -0.15) is 14.8 Å². The molecule has 0 spiro atoms. The molecule has 4 atom stereocenters. The molecule has 1 aromatic carbocycles. The van der Waals surface area contributed by atoms with Crippen LogP contribution in [0.15, 0.2) is 40.8 Å². The van der Waals surface area contributed by atoms with Crippen LogP contribution in [0.4, 0.5) is 0 Å². The quantitative estimate of drug-likeness (QED) is 0.827. The molecule has 1 aromatic rings. The largest absolute Gasteiger partial charge is 0.243 e. The molecule has 1 aliphatic carbocycles. The van der Waals surface area contributed by atoms with Gasteiger partial charge in [0.15, 0.2) is 0 Å². The molecular formula is C18H19N3O2S. The predicted octanol–water partition coefficient (Wildman–Crippen LogP) is 2.47. The first-order valence-corrected chi connectivity index (χ1v) is 9.40. The van der Waals surface area contributed by atoms with E-state index in [0.717, 1.165) is 5.56 Å². The summed E-state index contributed by atoms with van der Waals surface area (Å²) < 4.78 is 27.2. The van der Waals surface area contributed by atoms with E-state index in [4.69, 9.17) is 0 Å². The second-order valence-electron chi connectivity index (χ2n) is 6.66. The molecular weight excluding hydrogens is 322 g/mol. The summed E-state index contributed by atoms with van der Waals surface area (Å²) in [5.74, 6) is -0.400. The van der Waals surface area contributed by atoms with Crippen molar-refractivity contribution in [2.24, 2.45) is 23.7 Å². The van der Waals surface area contributed by atoms with E-state index in [0.29, 0.717) is 23.6 Å². The average Bonchev–Trinajstić information content (AvgIpc) is 3.00. The number of sulfonamides is 1. The number of allylic oxidation sites excluding steroid dienone is 1. The minimum Gasteiger partial charge on any atom is -0.207 e. The van der Waals surface area contributed by atoms with Crippen LogP contribution in [-0.4, -0.2) is 25.8 Å². The Bertz CT molecular complexity index is 859. The molecule has 2 aliphatic rings. The zero-order valence-electron chi connectivity index (χ0n) is 13.7. The molecule has 0 aromatic heterocycles. The summed E-state index contributed by atoms with van der Waals surface area (Å²) in [4.78, 5) is 0.292. The maximum atomic E-state index is 12.9. The van der Waals surface area contributed by atoms with Crippen molar-refractivity contribution < 1.29 is 8.42 Å². The van der Waals surface area contributed by atoms with E-state index in [-0.39, 0.29) is 17.8 Å². The van der Waals surface area contributed by atoms with Gasteiger partial charge in [0.25, 0.3) is 0 Å². The Balaban J connectivity index is 1.91. The van der Waals surface area contributed by atoms with Crippen molar-refractivity contribution in [3.05, 3.63) is 41.5 Å². The Morgan fingerprint density at radius 2 is 1.83 bits per heavy atom. The number of benzene rings is 1. The number of rotatable bonds is 2. The van der Waals surface area contributed by atoms with Crippen LogP contribution in [0.3, 0.4) is 0 Å². The van der Waals surface area contributed by atoms with Gasteiger partial charge in [-0.1, -0.05) is 30.7 Å². The minimum absolute atomic E-state index is 0.000488. The van der Waals surface area contributed by atoms with Crippen molar-refractivity contribution in [1.82, 2.24) is 4.31 Å². The van der Waals surface area contributed by atoms with Crippen LogP contribution in [0.1, 0.15) is 12.5 Å². The first-order valence-electron chi connectivity index (χ1n) is 7.96. The highest BCUT2D eigenvalue weighted by atomic mass is 32.2. The zero-order valence-corrected chi connectivity index (χ0v) is 14.5. The molecule has 3 rings (SSSR count).